The van der Waals surface area contributed by atoms with Crippen molar-refractivity contribution in [2.75, 3.05) is 77.1 Å². The third-order valence-corrected chi connectivity index (χ3v) is 7.11. The Balaban J connectivity index is 1.38. The Morgan fingerprint density at radius 1 is 0.865 bits per heavy atom. The van der Waals surface area contributed by atoms with Crippen molar-refractivity contribution >= 4 is 5.88 Å². The summed E-state index contributed by atoms with van der Waals surface area (Å²) in [6.45, 7) is 9.36. The second kappa shape index (κ2) is 13.2. The van der Waals surface area contributed by atoms with Crippen molar-refractivity contribution in [1.29, 1.82) is 0 Å². The van der Waals surface area contributed by atoms with Gasteiger partial charge in [0.05, 0.1) is 38.1 Å². The van der Waals surface area contributed by atoms with Crippen molar-refractivity contribution in [2.24, 2.45) is 0 Å². The molecule has 5 rings (SSSR count). The van der Waals surface area contributed by atoms with Crippen LogP contribution in [0.5, 0.6) is 0 Å². The molecule has 1 N–H and O–H groups in total. The average Bonchev–Trinajstić information content (AvgIpc) is 3.37. The van der Waals surface area contributed by atoms with Crippen LogP contribution in [0, 0.1) is 0 Å². The molecule has 3 heterocycles. The molecular weight excluding hydrogens is 468 g/mol. The number of rotatable bonds is 11. The Bertz CT molecular complexity index is 1070. The minimum Gasteiger partial charge on any atom is -0.391 e. The second-order valence-corrected chi connectivity index (χ2v) is 9.81. The molecule has 2 aliphatic heterocycles. The number of hydrogen-bond donors (Lipinski definition) is 1. The van der Waals surface area contributed by atoms with Crippen LogP contribution in [0.25, 0.3) is 11.3 Å². The van der Waals surface area contributed by atoms with Crippen molar-refractivity contribution < 1.29 is 19.1 Å². The van der Waals surface area contributed by atoms with Crippen molar-refractivity contribution in [3.8, 4) is 11.3 Å². The molecular formula is C29H38N4O4. The monoisotopic (exact) mass is 506 g/mol. The minimum absolute atomic E-state index is 0.473. The molecule has 37 heavy (non-hydrogen) atoms. The third kappa shape index (κ3) is 7.18. The van der Waals surface area contributed by atoms with E-state index in [2.05, 4.69) is 44.1 Å². The van der Waals surface area contributed by atoms with Crippen LogP contribution in [-0.4, -0.2) is 98.4 Å². The van der Waals surface area contributed by atoms with E-state index in [0.29, 0.717) is 32.7 Å². The van der Waals surface area contributed by atoms with Crippen LogP contribution in [0.1, 0.15) is 11.1 Å². The minimum atomic E-state index is -0.473. The predicted molar refractivity (Wildman–Crippen MR) is 144 cm³/mol. The van der Waals surface area contributed by atoms with Crippen LogP contribution in [0.2, 0.25) is 0 Å². The van der Waals surface area contributed by atoms with E-state index in [1.165, 1.54) is 0 Å². The molecule has 1 aromatic heterocycles. The van der Waals surface area contributed by atoms with Crippen LogP contribution in [0.15, 0.2) is 65.2 Å². The number of aromatic nitrogens is 1. The number of ether oxygens (including phenoxy) is 2. The molecule has 0 radical (unpaired) electrons. The van der Waals surface area contributed by atoms with Crippen molar-refractivity contribution in [1.82, 2.24) is 15.0 Å². The molecule has 2 saturated heterocycles. The van der Waals surface area contributed by atoms with Gasteiger partial charge in [0, 0.05) is 57.9 Å². The molecule has 2 aliphatic rings. The fourth-order valence-electron chi connectivity index (χ4n) is 5.10. The largest absolute Gasteiger partial charge is 0.391 e. The Morgan fingerprint density at radius 2 is 1.51 bits per heavy atom. The van der Waals surface area contributed by atoms with Crippen LogP contribution < -0.4 is 4.90 Å². The quantitative estimate of drug-likeness (QED) is 0.426. The first-order valence-electron chi connectivity index (χ1n) is 13.4. The molecule has 3 aromatic rings. The van der Waals surface area contributed by atoms with Gasteiger partial charge in [0.25, 0.3) is 0 Å². The van der Waals surface area contributed by atoms with E-state index >= 15 is 0 Å². The fraction of sp³-hybridized carbons (Fsp3) is 0.483. The zero-order valence-corrected chi connectivity index (χ0v) is 21.5. The van der Waals surface area contributed by atoms with Gasteiger partial charge in [-0.05, 0) is 12.0 Å². The SMILES string of the molecule is OC(Cc1ccccc1)CN(CCN1CCOCC1)Cc1c(-c2ccccc2)noc1N1CCOCC1. The van der Waals surface area contributed by atoms with E-state index < -0.39 is 6.10 Å². The molecule has 0 aliphatic carbocycles. The lowest BCUT2D eigenvalue weighted by atomic mass is 10.1. The van der Waals surface area contributed by atoms with Gasteiger partial charge in [-0.15, -0.1) is 0 Å². The topological polar surface area (TPSA) is 74.4 Å². The summed E-state index contributed by atoms with van der Waals surface area (Å²) in [5, 5.41) is 15.6. The molecule has 198 valence electrons. The summed E-state index contributed by atoms with van der Waals surface area (Å²) in [5.74, 6) is 0.816. The van der Waals surface area contributed by atoms with E-state index in [1.807, 2.05) is 36.4 Å². The summed E-state index contributed by atoms with van der Waals surface area (Å²) in [5.41, 5.74) is 4.13. The Labute approximate surface area is 219 Å². The van der Waals surface area contributed by atoms with E-state index in [1.54, 1.807) is 0 Å². The van der Waals surface area contributed by atoms with Gasteiger partial charge in [-0.1, -0.05) is 65.8 Å². The molecule has 8 nitrogen and oxygen atoms in total. The zero-order chi connectivity index (χ0) is 25.3. The Morgan fingerprint density at radius 3 is 2.22 bits per heavy atom. The highest BCUT2D eigenvalue weighted by atomic mass is 16.5. The summed E-state index contributed by atoms with van der Waals surface area (Å²) < 4.78 is 17.1. The first kappa shape index (κ1) is 25.9. The Hall–Kier alpha value is -2.75. The van der Waals surface area contributed by atoms with Gasteiger partial charge in [0.1, 0.15) is 5.69 Å². The fourth-order valence-corrected chi connectivity index (χ4v) is 5.10. The van der Waals surface area contributed by atoms with Crippen LogP contribution in [-0.2, 0) is 22.4 Å². The first-order chi connectivity index (χ1) is 18.3. The molecule has 8 heteroatoms. The molecule has 0 amide bonds. The second-order valence-electron chi connectivity index (χ2n) is 9.81. The average molecular weight is 507 g/mol. The van der Waals surface area contributed by atoms with Gasteiger partial charge in [0.2, 0.25) is 5.88 Å². The molecule has 0 bridgehead atoms. The summed E-state index contributed by atoms with van der Waals surface area (Å²) in [6.07, 6.45) is 0.152. The van der Waals surface area contributed by atoms with Crippen molar-refractivity contribution in [3.63, 3.8) is 0 Å². The molecule has 2 aromatic carbocycles. The van der Waals surface area contributed by atoms with Gasteiger partial charge in [0.15, 0.2) is 0 Å². The number of anilines is 1. The summed E-state index contributed by atoms with van der Waals surface area (Å²) in [7, 11) is 0. The molecule has 0 saturated carbocycles. The number of aliphatic hydroxyl groups is 1. The van der Waals surface area contributed by atoms with E-state index in [0.717, 1.165) is 80.8 Å². The summed E-state index contributed by atoms with van der Waals surface area (Å²) >= 11 is 0. The van der Waals surface area contributed by atoms with Gasteiger partial charge >= 0.3 is 0 Å². The maximum atomic E-state index is 11.1. The number of morpholine rings is 2. The van der Waals surface area contributed by atoms with E-state index in [-0.39, 0.29) is 0 Å². The number of aliphatic hydroxyl groups excluding tert-OH is 1. The number of nitrogens with zero attached hydrogens (tertiary/aromatic N) is 4. The molecule has 1 unspecified atom stereocenters. The Kier molecular flexibility index (Phi) is 9.21. The molecule has 2 fully saturated rings. The summed E-state index contributed by atoms with van der Waals surface area (Å²) in [6, 6.07) is 20.4. The van der Waals surface area contributed by atoms with Crippen LogP contribution in [0.4, 0.5) is 5.88 Å². The first-order valence-corrected chi connectivity index (χ1v) is 13.4. The lowest BCUT2D eigenvalue weighted by molar-refractivity contribution is 0.0292. The van der Waals surface area contributed by atoms with Gasteiger partial charge < -0.3 is 24.0 Å². The zero-order valence-electron chi connectivity index (χ0n) is 21.5. The molecule has 1 atom stereocenters. The normalized spacial score (nSPS) is 17.8. The van der Waals surface area contributed by atoms with Gasteiger partial charge in [-0.2, -0.15) is 0 Å². The van der Waals surface area contributed by atoms with Gasteiger partial charge in [-0.3, -0.25) is 9.80 Å². The maximum absolute atomic E-state index is 11.1. The lowest BCUT2D eigenvalue weighted by Gasteiger charge is -2.32. The van der Waals surface area contributed by atoms with E-state index in [9.17, 15) is 5.11 Å². The smallest absolute Gasteiger partial charge is 0.232 e. The standard InChI is InChI=1S/C29H38N4O4/c34-26(21-24-7-3-1-4-8-24)22-32(12-11-31-13-17-35-18-14-31)23-27-28(25-9-5-2-6-10-25)30-37-29(27)33-15-19-36-20-16-33/h1-10,26,34H,11-23H2. The highest BCUT2D eigenvalue weighted by Crippen LogP contribution is 2.33. The summed E-state index contributed by atoms with van der Waals surface area (Å²) in [4.78, 5) is 7.03. The van der Waals surface area contributed by atoms with Gasteiger partial charge in [-0.25, -0.2) is 0 Å². The predicted octanol–water partition coefficient (Wildman–Crippen LogP) is 2.92. The van der Waals surface area contributed by atoms with Crippen molar-refractivity contribution in [2.45, 2.75) is 19.1 Å². The maximum Gasteiger partial charge on any atom is 0.232 e. The van der Waals surface area contributed by atoms with Crippen LogP contribution in [0.3, 0.4) is 0 Å². The number of benzene rings is 2. The van der Waals surface area contributed by atoms with Crippen LogP contribution >= 0.6 is 0 Å². The van der Waals surface area contributed by atoms with E-state index in [4.69, 9.17) is 14.0 Å². The number of hydrogen-bond acceptors (Lipinski definition) is 8. The van der Waals surface area contributed by atoms with Crippen molar-refractivity contribution in [3.05, 3.63) is 71.8 Å². The lowest BCUT2D eigenvalue weighted by Crippen LogP contribution is -2.43. The highest BCUT2D eigenvalue weighted by molar-refractivity contribution is 5.68. The molecule has 0 spiro atoms. The third-order valence-electron chi connectivity index (χ3n) is 7.11. The highest BCUT2D eigenvalue weighted by Gasteiger charge is 2.27.